The molecule has 0 amide bonds. The minimum Gasteiger partial charge on any atom is -0.756 e. The number of unbranched alkanes of at least 4 members (excludes halogenated alkanes) is 29. The Morgan fingerprint density at radius 1 is 0.376 bits per heavy atom. The number of carbonyl (C=O) groups is 2. The molecule has 0 aliphatic carbocycles. The molecule has 0 bridgehead atoms. The standard InChI is InChI=1S/C75H130NO8P/c1-6-8-10-12-14-16-18-20-22-24-26-28-30-32-33-34-35-36-37-38-39-40-41-42-43-44-46-48-50-52-54-56-58-60-62-64-66-68-75(78)84-73(72-83-85(79,80)82-70-69-76(3,4)5)71-81-74(77)67-65-63-61-59-57-55-53-51-49-47-45-31-29-27-25-23-21-19-17-15-13-11-9-7-2/h8,10,14,16,20,22,26,28,32-33,35-36,38-39,41-42,44,46,50,52,73H,6-7,9,11-13,15,17-19,21,23-25,27,29-31,34,37,40,43,45,47-49,51,53-72H2,1-5H3/b10-8-,16-14-,22-20-,28-26-,33-32-,36-35-,39-38-,42-41-,46-44-,52-50-. The maximum Gasteiger partial charge on any atom is 0.306 e. The summed E-state index contributed by atoms with van der Waals surface area (Å²) in [5.74, 6) is -0.846. The summed E-state index contributed by atoms with van der Waals surface area (Å²) in [5, 5.41) is 0. The molecule has 0 aliphatic rings. The van der Waals surface area contributed by atoms with Crippen LogP contribution >= 0.6 is 7.82 Å². The number of nitrogens with zero attached hydrogens (tertiary/aromatic N) is 1. The van der Waals surface area contributed by atoms with E-state index >= 15 is 0 Å². The summed E-state index contributed by atoms with van der Waals surface area (Å²) in [6, 6.07) is 0. The Morgan fingerprint density at radius 3 is 1.00 bits per heavy atom. The monoisotopic (exact) mass is 1200 g/mol. The zero-order valence-corrected chi connectivity index (χ0v) is 56.4. The van der Waals surface area contributed by atoms with Crippen LogP contribution in [0.2, 0.25) is 0 Å². The first-order valence-corrected chi connectivity index (χ1v) is 36.2. The number of rotatable bonds is 63. The second-order valence-corrected chi connectivity index (χ2v) is 25.6. The van der Waals surface area contributed by atoms with E-state index < -0.39 is 26.5 Å². The molecule has 10 heteroatoms. The van der Waals surface area contributed by atoms with Crippen LogP contribution in [0.1, 0.15) is 290 Å². The molecule has 2 unspecified atom stereocenters. The van der Waals surface area contributed by atoms with Gasteiger partial charge in [0.25, 0.3) is 7.82 Å². The highest BCUT2D eigenvalue weighted by Gasteiger charge is 2.22. The molecule has 9 nitrogen and oxygen atoms in total. The summed E-state index contributed by atoms with van der Waals surface area (Å²) in [5.41, 5.74) is 0. The lowest BCUT2D eigenvalue weighted by molar-refractivity contribution is -0.870. The summed E-state index contributed by atoms with van der Waals surface area (Å²) in [6.07, 6.45) is 92.7. The molecular weight excluding hydrogens is 1070 g/mol. The number of hydrogen-bond acceptors (Lipinski definition) is 8. The van der Waals surface area contributed by atoms with Crippen molar-refractivity contribution < 1.29 is 42.1 Å². The number of quaternary nitrogens is 1. The first-order valence-electron chi connectivity index (χ1n) is 34.7. The molecule has 0 heterocycles. The maximum atomic E-state index is 12.9. The quantitative estimate of drug-likeness (QED) is 0.0195. The Morgan fingerprint density at radius 2 is 0.671 bits per heavy atom. The van der Waals surface area contributed by atoms with Crippen molar-refractivity contribution in [2.24, 2.45) is 0 Å². The molecule has 0 aromatic rings. The van der Waals surface area contributed by atoms with E-state index in [-0.39, 0.29) is 32.0 Å². The molecule has 0 N–H and O–H groups in total. The highest BCUT2D eigenvalue weighted by molar-refractivity contribution is 7.45. The molecule has 0 spiro atoms. The fourth-order valence-electron chi connectivity index (χ4n) is 9.45. The largest absolute Gasteiger partial charge is 0.756 e. The molecule has 0 saturated carbocycles. The first-order chi connectivity index (χ1) is 41.5. The van der Waals surface area contributed by atoms with Gasteiger partial charge < -0.3 is 27.9 Å². The molecule has 85 heavy (non-hydrogen) atoms. The van der Waals surface area contributed by atoms with Crippen LogP contribution in [0.25, 0.3) is 0 Å². The third-order valence-electron chi connectivity index (χ3n) is 14.7. The highest BCUT2D eigenvalue weighted by Crippen LogP contribution is 2.38. The molecule has 2 atom stereocenters. The van der Waals surface area contributed by atoms with Crippen molar-refractivity contribution >= 4 is 19.8 Å². The van der Waals surface area contributed by atoms with Gasteiger partial charge in [-0.1, -0.05) is 309 Å². The Bertz CT molecular complexity index is 1850. The lowest BCUT2D eigenvalue weighted by Gasteiger charge is -2.28. The average Bonchev–Trinajstić information content (AvgIpc) is 3.50. The van der Waals surface area contributed by atoms with E-state index in [1.54, 1.807) is 0 Å². The van der Waals surface area contributed by atoms with Crippen molar-refractivity contribution in [1.82, 2.24) is 0 Å². The normalized spacial score (nSPS) is 13.9. The lowest BCUT2D eigenvalue weighted by Crippen LogP contribution is -2.37. The van der Waals surface area contributed by atoms with Gasteiger partial charge in [0.05, 0.1) is 27.7 Å². The predicted octanol–water partition coefficient (Wildman–Crippen LogP) is 22.0. The molecule has 0 aromatic heterocycles. The summed E-state index contributed by atoms with van der Waals surface area (Å²) < 4.78 is 34.3. The van der Waals surface area contributed by atoms with Crippen LogP contribution in [0.4, 0.5) is 0 Å². The SMILES string of the molecule is CC/C=C\C/C=C\C/C=C\C/C=C\C/C=C\C/C=C\C/C=C\C/C=C\C/C=C\C/C=C\CCCCCCCCC(=O)OC(COC(=O)CCCCCCCCCCCCCCCCCCCCCCCCCC)COP(=O)([O-])OCC[N+](C)(C)C. The van der Waals surface area contributed by atoms with E-state index in [0.717, 1.165) is 122 Å². The van der Waals surface area contributed by atoms with Crippen LogP contribution in [0, 0.1) is 0 Å². The number of likely N-dealkylation sites (N-methyl/N-ethyl adjacent to an activating group) is 1. The van der Waals surface area contributed by atoms with E-state index in [1.165, 1.54) is 135 Å². The number of phosphoric acid groups is 1. The Kier molecular flexibility index (Phi) is 62.1. The first kappa shape index (κ1) is 81.4. The van der Waals surface area contributed by atoms with Crippen molar-refractivity contribution in [3.8, 4) is 0 Å². The van der Waals surface area contributed by atoms with Crippen LogP contribution in [0.5, 0.6) is 0 Å². The number of allylic oxidation sites excluding steroid dienone is 20. The van der Waals surface area contributed by atoms with Gasteiger partial charge in [-0.25, -0.2) is 0 Å². The molecule has 0 fully saturated rings. The average molecular weight is 1200 g/mol. The van der Waals surface area contributed by atoms with Gasteiger partial charge in [-0.2, -0.15) is 0 Å². The lowest BCUT2D eigenvalue weighted by atomic mass is 10.0. The summed E-state index contributed by atoms with van der Waals surface area (Å²) in [7, 11) is 1.15. The molecular formula is C75H130NO8P. The minimum atomic E-state index is -4.65. The number of ether oxygens (including phenoxy) is 2. The minimum absolute atomic E-state index is 0.0383. The van der Waals surface area contributed by atoms with Gasteiger partial charge in [-0.05, 0) is 89.9 Å². The van der Waals surface area contributed by atoms with Crippen LogP contribution in [0.15, 0.2) is 122 Å². The Hall–Kier alpha value is -3.59. The van der Waals surface area contributed by atoms with Crippen LogP contribution in [-0.4, -0.2) is 70.0 Å². The van der Waals surface area contributed by atoms with Gasteiger partial charge in [-0.15, -0.1) is 0 Å². The number of phosphoric ester groups is 1. The van der Waals surface area contributed by atoms with Crippen molar-refractivity contribution in [3.05, 3.63) is 122 Å². The number of carbonyl (C=O) groups excluding carboxylic acids is 2. The highest BCUT2D eigenvalue weighted by atomic mass is 31.2. The fraction of sp³-hybridized carbons (Fsp3) is 0.707. The van der Waals surface area contributed by atoms with Gasteiger partial charge in [0.1, 0.15) is 19.8 Å². The Balaban J connectivity index is 4.14. The number of esters is 2. The van der Waals surface area contributed by atoms with E-state index in [0.29, 0.717) is 17.4 Å². The summed E-state index contributed by atoms with van der Waals surface area (Å²) >= 11 is 0. The van der Waals surface area contributed by atoms with Gasteiger partial charge in [0.2, 0.25) is 0 Å². The van der Waals surface area contributed by atoms with Crippen molar-refractivity contribution in [2.75, 3.05) is 47.5 Å². The van der Waals surface area contributed by atoms with E-state index in [1.807, 2.05) is 21.1 Å². The van der Waals surface area contributed by atoms with Gasteiger partial charge in [-0.3, -0.25) is 14.2 Å². The van der Waals surface area contributed by atoms with E-state index in [4.69, 9.17) is 18.5 Å². The van der Waals surface area contributed by atoms with Crippen molar-refractivity contribution in [1.29, 1.82) is 0 Å². The molecule has 0 aliphatic heterocycles. The zero-order chi connectivity index (χ0) is 61.9. The third kappa shape index (κ3) is 69.4. The van der Waals surface area contributed by atoms with Crippen molar-refractivity contribution in [3.63, 3.8) is 0 Å². The smallest absolute Gasteiger partial charge is 0.306 e. The molecule has 0 radical (unpaired) electrons. The van der Waals surface area contributed by atoms with Crippen LogP contribution < -0.4 is 4.89 Å². The van der Waals surface area contributed by atoms with Gasteiger partial charge in [0, 0.05) is 12.8 Å². The fourth-order valence-corrected chi connectivity index (χ4v) is 10.2. The molecule has 0 aromatic carbocycles. The molecule has 0 saturated heterocycles. The van der Waals surface area contributed by atoms with Gasteiger partial charge in [0.15, 0.2) is 6.10 Å². The van der Waals surface area contributed by atoms with E-state index in [2.05, 4.69) is 135 Å². The predicted molar refractivity (Wildman–Crippen MR) is 365 cm³/mol. The topological polar surface area (TPSA) is 111 Å². The van der Waals surface area contributed by atoms with Gasteiger partial charge >= 0.3 is 11.9 Å². The zero-order valence-electron chi connectivity index (χ0n) is 55.5. The number of hydrogen-bond donors (Lipinski definition) is 0. The van der Waals surface area contributed by atoms with E-state index in [9.17, 15) is 19.0 Å². The second kappa shape index (κ2) is 64.9. The summed E-state index contributed by atoms with van der Waals surface area (Å²) in [6.45, 7) is 4.13. The second-order valence-electron chi connectivity index (χ2n) is 24.2. The summed E-state index contributed by atoms with van der Waals surface area (Å²) in [4.78, 5) is 38.0. The van der Waals surface area contributed by atoms with Crippen LogP contribution in [0.3, 0.4) is 0 Å². The maximum absolute atomic E-state index is 12.9. The molecule has 488 valence electrons. The van der Waals surface area contributed by atoms with Crippen LogP contribution in [-0.2, 0) is 32.7 Å². The Labute approximate surface area is 524 Å². The molecule has 0 rings (SSSR count). The third-order valence-corrected chi connectivity index (χ3v) is 15.7. The van der Waals surface area contributed by atoms with Crippen molar-refractivity contribution in [2.45, 2.75) is 296 Å².